The number of hydrogen-bond donors (Lipinski definition) is 1. The first-order valence-corrected chi connectivity index (χ1v) is 8.89. The van der Waals surface area contributed by atoms with Gasteiger partial charge in [0, 0.05) is 45.0 Å². The van der Waals surface area contributed by atoms with Gasteiger partial charge in [-0.3, -0.25) is 9.78 Å². The van der Waals surface area contributed by atoms with Crippen molar-refractivity contribution >= 4 is 15.9 Å². The Hall–Kier alpha value is -1.51. The van der Waals surface area contributed by atoms with E-state index in [4.69, 9.17) is 0 Å². The van der Waals surface area contributed by atoms with Crippen LogP contribution < -0.4 is 5.32 Å². The zero-order valence-corrected chi connectivity index (χ0v) is 14.1. The van der Waals surface area contributed by atoms with Gasteiger partial charge in [0.05, 0.1) is 6.26 Å². The molecular formula is C14H24N4O3S. The number of aromatic nitrogens is 1. The molecule has 0 bridgehead atoms. The van der Waals surface area contributed by atoms with E-state index in [0.29, 0.717) is 19.6 Å². The second kappa shape index (κ2) is 8.82. The molecule has 7 nitrogen and oxygen atoms in total. The summed E-state index contributed by atoms with van der Waals surface area (Å²) >= 11 is 0. The lowest BCUT2D eigenvalue weighted by Gasteiger charge is -2.21. The van der Waals surface area contributed by atoms with Crippen LogP contribution in [0.25, 0.3) is 0 Å². The van der Waals surface area contributed by atoms with Crippen LogP contribution in [-0.4, -0.2) is 68.5 Å². The van der Waals surface area contributed by atoms with Crippen LogP contribution in [0.1, 0.15) is 12.0 Å². The average molecular weight is 328 g/mol. The lowest BCUT2D eigenvalue weighted by molar-refractivity contribution is -0.121. The van der Waals surface area contributed by atoms with E-state index in [1.807, 2.05) is 25.1 Å². The number of carbonyl (C=O) groups is 1. The van der Waals surface area contributed by atoms with Gasteiger partial charge in [-0.05, 0) is 25.7 Å². The van der Waals surface area contributed by atoms with Gasteiger partial charge >= 0.3 is 0 Å². The summed E-state index contributed by atoms with van der Waals surface area (Å²) in [5.74, 6) is -0.178. The lowest BCUT2D eigenvalue weighted by atomic mass is 10.3. The van der Waals surface area contributed by atoms with Crippen molar-refractivity contribution in [3.8, 4) is 0 Å². The largest absolute Gasteiger partial charge is 0.352 e. The van der Waals surface area contributed by atoms with Crippen molar-refractivity contribution in [2.45, 2.75) is 13.0 Å². The summed E-state index contributed by atoms with van der Waals surface area (Å²) < 4.78 is 24.7. The maximum atomic E-state index is 11.8. The van der Waals surface area contributed by atoms with Crippen LogP contribution in [0.5, 0.6) is 0 Å². The SMILES string of the molecule is CN(C)CCN(CCC(=O)NCc1cccnc1)S(C)(=O)=O. The number of hydrogen-bond acceptors (Lipinski definition) is 5. The Kier molecular flexibility index (Phi) is 7.43. The second-order valence-electron chi connectivity index (χ2n) is 5.35. The van der Waals surface area contributed by atoms with Gasteiger partial charge in [-0.15, -0.1) is 0 Å². The molecule has 0 spiro atoms. The van der Waals surface area contributed by atoms with Crippen molar-refractivity contribution in [2.24, 2.45) is 0 Å². The van der Waals surface area contributed by atoms with E-state index in [2.05, 4.69) is 10.3 Å². The number of likely N-dealkylation sites (N-methyl/N-ethyl adjacent to an activating group) is 1. The van der Waals surface area contributed by atoms with Crippen molar-refractivity contribution in [3.05, 3.63) is 30.1 Å². The van der Waals surface area contributed by atoms with E-state index in [-0.39, 0.29) is 18.9 Å². The maximum absolute atomic E-state index is 11.8. The lowest BCUT2D eigenvalue weighted by Crippen LogP contribution is -2.38. The molecule has 1 aromatic heterocycles. The molecule has 1 N–H and O–H groups in total. The van der Waals surface area contributed by atoms with Crippen molar-refractivity contribution in [1.82, 2.24) is 19.5 Å². The van der Waals surface area contributed by atoms with Crippen molar-refractivity contribution in [2.75, 3.05) is 40.0 Å². The van der Waals surface area contributed by atoms with Crippen LogP contribution >= 0.6 is 0 Å². The molecule has 0 radical (unpaired) electrons. The number of carbonyl (C=O) groups excluding carboxylic acids is 1. The molecule has 0 aliphatic carbocycles. The molecule has 1 aromatic rings. The molecule has 8 heteroatoms. The van der Waals surface area contributed by atoms with Crippen LogP contribution in [0.4, 0.5) is 0 Å². The van der Waals surface area contributed by atoms with Crippen molar-refractivity contribution < 1.29 is 13.2 Å². The fraction of sp³-hybridized carbons (Fsp3) is 0.571. The molecule has 0 atom stereocenters. The summed E-state index contributed by atoms with van der Waals surface area (Å²) in [6, 6.07) is 3.67. The minimum Gasteiger partial charge on any atom is -0.352 e. The summed E-state index contributed by atoms with van der Waals surface area (Å²) in [7, 11) is 0.445. The van der Waals surface area contributed by atoms with E-state index in [1.54, 1.807) is 18.5 Å². The third-order valence-electron chi connectivity index (χ3n) is 3.07. The normalized spacial score (nSPS) is 11.9. The second-order valence-corrected chi connectivity index (χ2v) is 7.34. The van der Waals surface area contributed by atoms with E-state index in [1.165, 1.54) is 4.31 Å². The number of nitrogens with zero attached hydrogens (tertiary/aromatic N) is 3. The molecule has 124 valence electrons. The topological polar surface area (TPSA) is 82.6 Å². The summed E-state index contributed by atoms with van der Waals surface area (Å²) in [5, 5.41) is 2.76. The molecule has 0 unspecified atom stereocenters. The van der Waals surface area contributed by atoms with Gasteiger partial charge in [-0.2, -0.15) is 0 Å². The summed E-state index contributed by atoms with van der Waals surface area (Å²) in [5.41, 5.74) is 0.906. The smallest absolute Gasteiger partial charge is 0.221 e. The molecule has 22 heavy (non-hydrogen) atoms. The third kappa shape index (κ3) is 7.48. The van der Waals surface area contributed by atoms with Gasteiger partial charge in [0.25, 0.3) is 0 Å². The zero-order valence-electron chi connectivity index (χ0n) is 13.3. The maximum Gasteiger partial charge on any atom is 0.221 e. The Morgan fingerprint density at radius 3 is 2.55 bits per heavy atom. The van der Waals surface area contributed by atoms with E-state index >= 15 is 0 Å². The summed E-state index contributed by atoms with van der Waals surface area (Å²) in [6.45, 7) is 1.57. The monoisotopic (exact) mass is 328 g/mol. The van der Waals surface area contributed by atoms with Gasteiger partial charge in [0.1, 0.15) is 0 Å². The van der Waals surface area contributed by atoms with Gasteiger partial charge in [0.2, 0.25) is 15.9 Å². The molecule has 0 saturated heterocycles. The predicted molar refractivity (Wildman–Crippen MR) is 85.7 cm³/mol. The Bertz CT molecular complexity index is 561. The number of amides is 1. The highest BCUT2D eigenvalue weighted by atomic mass is 32.2. The number of rotatable bonds is 9. The van der Waals surface area contributed by atoms with E-state index in [9.17, 15) is 13.2 Å². The standard InChI is InChI=1S/C14H24N4O3S/c1-17(2)9-10-18(22(3,20)21)8-6-14(19)16-12-13-5-4-7-15-11-13/h4-5,7,11H,6,8-10,12H2,1-3H3,(H,16,19). The highest BCUT2D eigenvalue weighted by Crippen LogP contribution is 2.01. The van der Waals surface area contributed by atoms with Gasteiger partial charge in [0.15, 0.2) is 0 Å². The molecular weight excluding hydrogens is 304 g/mol. The Balaban J connectivity index is 2.42. The molecule has 0 fully saturated rings. The van der Waals surface area contributed by atoms with Crippen molar-refractivity contribution in [1.29, 1.82) is 0 Å². The van der Waals surface area contributed by atoms with E-state index in [0.717, 1.165) is 11.8 Å². The molecule has 0 aliphatic heterocycles. The quantitative estimate of drug-likeness (QED) is 0.685. The highest BCUT2D eigenvalue weighted by molar-refractivity contribution is 7.88. The molecule has 1 heterocycles. The Morgan fingerprint density at radius 2 is 2.00 bits per heavy atom. The first kappa shape index (κ1) is 18.5. The fourth-order valence-corrected chi connectivity index (χ4v) is 2.61. The fourth-order valence-electron chi connectivity index (χ4n) is 1.77. The third-order valence-corrected chi connectivity index (χ3v) is 4.37. The first-order valence-electron chi connectivity index (χ1n) is 7.04. The van der Waals surface area contributed by atoms with Crippen LogP contribution in [0.15, 0.2) is 24.5 Å². The molecule has 0 saturated carbocycles. The first-order chi connectivity index (χ1) is 10.3. The number of nitrogens with one attached hydrogen (secondary N) is 1. The van der Waals surface area contributed by atoms with Gasteiger partial charge in [-0.1, -0.05) is 6.07 Å². The van der Waals surface area contributed by atoms with Gasteiger partial charge < -0.3 is 10.2 Å². The highest BCUT2D eigenvalue weighted by Gasteiger charge is 2.17. The van der Waals surface area contributed by atoms with Crippen LogP contribution in [0.3, 0.4) is 0 Å². The number of pyridine rings is 1. The van der Waals surface area contributed by atoms with Crippen molar-refractivity contribution in [3.63, 3.8) is 0 Å². The van der Waals surface area contributed by atoms with E-state index < -0.39 is 10.0 Å². The Morgan fingerprint density at radius 1 is 1.27 bits per heavy atom. The summed E-state index contributed by atoms with van der Waals surface area (Å²) in [4.78, 5) is 17.7. The predicted octanol–water partition coefficient (Wildman–Crippen LogP) is -0.0889. The molecule has 0 aromatic carbocycles. The van der Waals surface area contributed by atoms with Crippen LogP contribution in [-0.2, 0) is 21.4 Å². The number of sulfonamides is 1. The Labute approximate surface area is 132 Å². The molecule has 1 rings (SSSR count). The van der Waals surface area contributed by atoms with Gasteiger partial charge in [-0.25, -0.2) is 12.7 Å². The molecule has 0 aliphatic rings. The minimum atomic E-state index is -3.31. The average Bonchev–Trinajstić information content (AvgIpc) is 2.44. The van der Waals surface area contributed by atoms with Crippen LogP contribution in [0, 0.1) is 0 Å². The summed E-state index contributed by atoms with van der Waals surface area (Å²) in [6.07, 6.45) is 4.65. The zero-order chi connectivity index (χ0) is 16.6. The minimum absolute atomic E-state index is 0.140. The molecule has 1 amide bonds. The van der Waals surface area contributed by atoms with Crippen LogP contribution in [0.2, 0.25) is 0 Å².